The summed E-state index contributed by atoms with van der Waals surface area (Å²) in [6.45, 7) is 5.69. The van der Waals surface area contributed by atoms with Crippen molar-refractivity contribution in [3.8, 4) is 5.75 Å². The molecule has 1 aromatic heterocycles. The molecule has 7 nitrogen and oxygen atoms in total. The standard InChI is InChI=1S/C24H33N5O2/c30-20-4-3-19-15-22-24(31)7-11-27(13-14-29-25-8-9-26-29)10-5-23(24,21(19)16-20)6-12-28(22)17-18-1-2-18/h3-4,8-9,16,18,22,30-31H,1-2,5-7,10-15,17H2. The molecule has 3 heterocycles. The van der Waals surface area contributed by atoms with Crippen molar-refractivity contribution in [3.05, 3.63) is 41.7 Å². The minimum absolute atomic E-state index is 0.173. The Morgan fingerprint density at radius 1 is 1.00 bits per heavy atom. The fourth-order valence-electron chi connectivity index (χ4n) is 6.73. The number of rotatable bonds is 5. The average molecular weight is 424 g/mol. The third-order valence-electron chi connectivity index (χ3n) is 8.61. The maximum atomic E-state index is 12.5. The molecule has 0 spiro atoms. The average Bonchev–Trinajstić information content (AvgIpc) is 3.46. The number of piperidine rings is 1. The van der Waals surface area contributed by atoms with E-state index in [4.69, 9.17) is 0 Å². The normalized spacial score (nSPS) is 33.5. The molecule has 2 bridgehead atoms. The number of aliphatic hydroxyl groups is 1. The molecule has 2 N–H and O–H groups in total. The van der Waals surface area contributed by atoms with Gasteiger partial charge in [0.05, 0.1) is 24.5 Å². The predicted molar refractivity (Wildman–Crippen MR) is 117 cm³/mol. The predicted octanol–water partition coefficient (Wildman–Crippen LogP) is 1.79. The number of nitrogens with zero attached hydrogens (tertiary/aromatic N) is 5. The number of phenols is 1. The topological polar surface area (TPSA) is 77.6 Å². The molecule has 3 fully saturated rings. The van der Waals surface area contributed by atoms with Gasteiger partial charge in [0.2, 0.25) is 0 Å². The number of aromatic nitrogens is 3. The summed E-state index contributed by atoms with van der Waals surface area (Å²) in [5.41, 5.74) is 1.50. The van der Waals surface area contributed by atoms with Gasteiger partial charge >= 0.3 is 0 Å². The zero-order chi connectivity index (χ0) is 21.1. The Kier molecular flexibility index (Phi) is 4.63. The fraction of sp³-hybridized carbons (Fsp3) is 0.667. The number of fused-ring (bicyclic) bond motifs is 1. The number of likely N-dealkylation sites (tertiary alicyclic amines) is 2. The zero-order valence-corrected chi connectivity index (χ0v) is 18.2. The molecule has 3 atom stereocenters. The summed E-state index contributed by atoms with van der Waals surface area (Å²) in [5, 5.41) is 31.3. The zero-order valence-electron chi connectivity index (χ0n) is 18.2. The molecular formula is C24H33N5O2. The van der Waals surface area contributed by atoms with E-state index in [1.165, 1.54) is 24.0 Å². The Labute approximate surface area is 183 Å². The fourth-order valence-corrected chi connectivity index (χ4v) is 6.73. The van der Waals surface area contributed by atoms with Crippen LogP contribution in [0.25, 0.3) is 0 Å². The van der Waals surface area contributed by atoms with Crippen LogP contribution in [0.1, 0.15) is 43.2 Å². The van der Waals surface area contributed by atoms with Gasteiger partial charge in [-0.25, -0.2) is 0 Å². The Morgan fingerprint density at radius 2 is 1.77 bits per heavy atom. The Hall–Kier alpha value is -1.96. The van der Waals surface area contributed by atoms with Crippen molar-refractivity contribution in [1.82, 2.24) is 24.8 Å². The first-order chi connectivity index (χ1) is 15.1. The second-order valence-electron chi connectivity index (χ2n) is 10.2. The highest BCUT2D eigenvalue weighted by molar-refractivity contribution is 5.48. The monoisotopic (exact) mass is 423 g/mol. The van der Waals surface area contributed by atoms with Crippen molar-refractivity contribution >= 4 is 0 Å². The van der Waals surface area contributed by atoms with Crippen molar-refractivity contribution in [2.24, 2.45) is 5.92 Å². The van der Waals surface area contributed by atoms with Gasteiger partial charge < -0.3 is 15.1 Å². The van der Waals surface area contributed by atoms with E-state index in [0.29, 0.717) is 5.75 Å². The van der Waals surface area contributed by atoms with Crippen LogP contribution in [0.3, 0.4) is 0 Å². The highest BCUT2D eigenvalue weighted by Gasteiger charge is 2.63. The van der Waals surface area contributed by atoms with Gasteiger partial charge in [-0.1, -0.05) is 6.07 Å². The molecule has 0 radical (unpaired) electrons. The number of benzene rings is 1. The first kappa shape index (κ1) is 19.7. The second kappa shape index (κ2) is 7.29. The molecule has 2 aliphatic heterocycles. The molecule has 31 heavy (non-hydrogen) atoms. The first-order valence-electron chi connectivity index (χ1n) is 11.9. The number of hydrogen-bond acceptors (Lipinski definition) is 6. The number of hydrogen-bond donors (Lipinski definition) is 2. The van der Waals surface area contributed by atoms with Crippen LogP contribution >= 0.6 is 0 Å². The smallest absolute Gasteiger partial charge is 0.115 e. The van der Waals surface area contributed by atoms with Gasteiger partial charge in [-0.3, -0.25) is 4.90 Å². The van der Waals surface area contributed by atoms with Crippen molar-refractivity contribution in [2.75, 3.05) is 32.7 Å². The molecule has 7 heteroatoms. The quantitative estimate of drug-likeness (QED) is 0.764. The Morgan fingerprint density at radius 3 is 2.58 bits per heavy atom. The highest BCUT2D eigenvalue weighted by Crippen LogP contribution is 2.56. The van der Waals surface area contributed by atoms with Crippen molar-refractivity contribution in [3.63, 3.8) is 0 Å². The van der Waals surface area contributed by atoms with Gasteiger partial charge in [-0.05, 0) is 80.8 Å². The molecule has 166 valence electrons. The third-order valence-corrected chi connectivity index (χ3v) is 8.61. The largest absolute Gasteiger partial charge is 0.508 e. The van der Waals surface area contributed by atoms with Crippen LogP contribution in [-0.2, 0) is 18.4 Å². The molecule has 0 amide bonds. The van der Waals surface area contributed by atoms with E-state index >= 15 is 0 Å². The SMILES string of the molecule is Oc1ccc2c(c1)C13CCN(CCn4nccn4)CCC1(O)C(C2)N(CC1CC1)CC3. The lowest BCUT2D eigenvalue weighted by atomic mass is 9.52. The maximum Gasteiger partial charge on any atom is 0.115 e. The van der Waals surface area contributed by atoms with Crippen LogP contribution in [0, 0.1) is 5.92 Å². The number of phenolic OH excluding ortho intramolecular Hbond substituents is 1. The second-order valence-corrected chi connectivity index (χ2v) is 10.2. The first-order valence-corrected chi connectivity index (χ1v) is 11.9. The lowest BCUT2D eigenvalue weighted by molar-refractivity contribution is -0.149. The van der Waals surface area contributed by atoms with Crippen molar-refractivity contribution in [1.29, 1.82) is 0 Å². The summed E-state index contributed by atoms with van der Waals surface area (Å²) in [4.78, 5) is 6.82. The van der Waals surface area contributed by atoms with Crippen LogP contribution in [0.5, 0.6) is 5.75 Å². The van der Waals surface area contributed by atoms with E-state index in [1.807, 2.05) is 12.1 Å². The Balaban J connectivity index is 1.33. The van der Waals surface area contributed by atoms with Gasteiger partial charge in [0.25, 0.3) is 0 Å². The van der Waals surface area contributed by atoms with E-state index < -0.39 is 5.60 Å². The summed E-state index contributed by atoms with van der Waals surface area (Å²) < 4.78 is 0. The van der Waals surface area contributed by atoms with Crippen LogP contribution in [0.4, 0.5) is 0 Å². The lowest BCUT2D eigenvalue weighted by Gasteiger charge is -2.61. The van der Waals surface area contributed by atoms with Gasteiger partial charge in [0, 0.05) is 31.1 Å². The maximum absolute atomic E-state index is 12.5. The van der Waals surface area contributed by atoms with Gasteiger partial charge in [0.1, 0.15) is 5.75 Å². The van der Waals surface area contributed by atoms with Crippen molar-refractivity contribution < 1.29 is 10.2 Å². The van der Waals surface area contributed by atoms with E-state index in [1.54, 1.807) is 17.2 Å². The van der Waals surface area contributed by atoms with Crippen LogP contribution < -0.4 is 0 Å². The summed E-state index contributed by atoms with van der Waals surface area (Å²) in [6, 6.07) is 6.05. The Bertz CT molecular complexity index is 945. The van der Waals surface area contributed by atoms with E-state index in [2.05, 4.69) is 26.1 Å². The third kappa shape index (κ3) is 3.20. The molecule has 1 saturated carbocycles. The van der Waals surface area contributed by atoms with Crippen molar-refractivity contribution in [2.45, 2.75) is 62.1 Å². The van der Waals surface area contributed by atoms with Crippen LogP contribution in [0.15, 0.2) is 30.6 Å². The number of aromatic hydroxyl groups is 1. The summed E-state index contributed by atoms with van der Waals surface area (Å²) in [5.74, 6) is 1.14. The van der Waals surface area contributed by atoms with Crippen LogP contribution in [-0.4, -0.2) is 79.4 Å². The summed E-state index contributed by atoms with van der Waals surface area (Å²) >= 11 is 0. The van der Waals surface area contributed by atoms with Gasteiger partial charge in [-0.15, -0.1) is 0 Å². The molecule has 2 aliphatic carbocycles. The minimum atomic E-state index is -0.750. The van der Waals surface area contributed by atoms with Gasteiger partial charge in [-0.2, -0.15) is 15.0 Å². The van der Waals surface area contributed by atoms with E-state index in [-0.39, 0.29) is 11.5 Å². The molecule has 3 unspecified atom stereocenters. The molecule has 4 aliphatic rings. The summed E-state index contributed by atoms with van der Waals surface area (Å²) in [7, 11) is 0. The molecule has 2 aromatic rings. The molecular weight excluding hydrogens is 390 g/mol. The van der Waals surface area contributed by atoms with Crippen LogP contribution in [0.2, 0.25) is 0 Å². The molecule has 1 aromatic carbocycles. The van der Waals surface area contributed by atoms with E-state index in [9.17, 15) is 10.2 Å². The van der Waals surface area contributed by atoms with Gasteiger partial charge in [0.15, 0.2) is 0 Å². The summed E-state index contributed by atoms with van der Waals surface area (Å²) in [6.07, 6.45) is 9.69. The lowest BCUT2D eigenvalue weighted by Crippen LogP contribution is -2.71. The minimum Gasteiger partial charge on any atom is -0.508 e. The molecule has 6 rings (SSSR count). The molecule has 2 saturated heterocycles. The van der Waals surface area contributed by atoms with E-state index in [0.717, 1.165) is 70.9 Å². The highest BCUT2D eigenvalue weighted by atomic mass is 16.3.